The zero-order chi connectivity index (χ0) is 10.8. The van der Waals surface area contributed by atoms with Gasteiger partial charge in [0.25, 0.3) is 0 Å². The van der Waals surface area contributed by atoms with Crippen LogP contribution in [0.15, 0.2) is 30.3 Å². The highest BCUT2D eigenvalue weighted by molar-refractivity contribution is 5.47. The normalized spacial score (nSPS) is 29.9. The van der Waals surface area contributed by atoms with E-state index in [2.05, 4.69) is 35.2 Å². The zero-order valence-corrected chi connectivity index (χ0v) is 9.64. The monoisotopic (exact) mass is 217 g/mol. The van der Waals surface area contributed by atoms with Crippen LogP contribution in [0, 0.1) is 5.92 Å². The van der Waals surface area contributed by atoms with Crippen LogP contribution < -0.4 is 4.90 Å². The Kier molecular flexibility index (Phi) is 2.83. The summed E-state index contributed by atoms with van der Waals surface area (Å²) >= 11 is 0. The van der Waals surface area contributed by atoms with Gasteiger partial charge in [0, 0.05) is 17.6 Å². The first-order valence-corrected chi connectivity index (χ1v) is 6.34. The lowest BCUT2D eigenvalue weighted by Crippen LogP contribution is -2.49. The van der Waals surface area contributed by atoms with Crippen LogP contribution in [0.1, 0.15) is 25.7 Å². The molecule has 0 bridgehead atoms. The number of hydrogen-bond donors (Lipinski definition) is 0. The molecule has 0 spiro atoms. The number of hydrogen-bond acceptors (Lipinski definition) is 2. The Bertz CT molecular complexity index is 336. The van der Waals surface area contributed by atoms with Crippen LogP contribution in [0.4, 0.5) is 5.69 Å². The molecule has 3 rings (SSSR count). The fourth-order valence-electron chi connectivity index (χ4n) is 3.08. The number of benzene rings is 1. The summed E-state index contributed by atoms with van der Waals surface area (Å²) in [6, 6.07) is 11.4. The number of rotatable bonds is 1. The van der Waals surface area contributed by atoms with E-state index in [9.17, 15) is 0 Å². The predicted octanol–water partition coefficient (Wildman–Crippen LogP) is 3.04. The van der Waals surface area contributed by atoms with Crippen molar-refractivity contribution in [2.24, 2.45) is 5.92 Å². The van der Waals surface area contributed by atoms with Crippen molar-refractivity contribution in [2.75, 3.05) is 18.2 Å². The van der Waals surface area contributed by atoms with E-state index in [4.69, 9.17) is 4.74 Å². The molecule has 1 heterocycles. The molecule has 0 radical (unpaired) electrons. The smallest absolute Gasteiger partial charge is 0.119 e. The van der Waals surface area contributed by atoms with Crippen LogP contribution in [0.25, 0.3) is 0 Å². The van der Waals surface area contributed by atoms with E-state index in [1.807, 2.05) is 0 Å². The molecule has 2 heteroatoms. The van der Waals surface area contributed by atoms with Crippen LogP contribution in [-0.4, -0.2) is 19.4 Å². The molecule has 0 aromatic heterocycles. The van der Waals surface area contributed by atoms with Crippen molar-refractivity contribution in [3.63, 3.8) is 0 Å². The second-order valence-corrected chi connectivity index (χ2v) is 4.92. The Morgan fingerprint density at radius 1 is 1.06 bits per heavy atom. The van der Waals surface area contributed by atoms with Gasteiger partial charge in [0.15, 0.2) is 0 Å². The summed E-state index contributed by atoms with van der Waals surface area (Å²) in [5.41, 5.74) is 1.32. The van der Waals surface area contributed by atoms with Gasteiger partial charge in [0.2, 0.25) is 0 Å². The summed E-state index contributed by atoms with van der Waals surface area (Å²) in [4.78, 5) is 2.45. The lowest BCUT2D eigenvalue weighted by Gasteiger charge is -2.45. The highest BCUT2D eigenvalue weighted by atomic mass is 16.5. The highest BCUT2D eigenvalue weighted by Gasteiger charge is 2.33. The lowest BCUT2D eigenvalue weighted by molar-refractivity contribution is 0.0272. The van der Waals surface area contributed by atoms with E-state index in [1.54, 1.807) is 0 Å². The van der Waals surface area contributed by atoms with Gasteiger partial charge in [-0.2, -0.15) is 0 Å². The fourth-order valence-corrected chi connectivity index (χ4v) is 3.08. The summed E-state index contributed by atoms with van der Waals surface area (Å²) < 4.78 is 5.73. The molecule has 0 amide bonds. The minimum absolute atomic E-state index is 0.713. The third-order valence-corrected chi connectivity index (χ3v) is 3.92. The quantitative estimate of drug-likeness (QED) is 0.717. The molecule has 2 nitrogen and oxygen atoms in total. The van der Waals surface area contributed by atoms with Crippen molar-refractivity contribution >= 4 is 5.69 Å². The molecule has 1 aliphatic heterocycles. The third kappa shape index (κ3) is 1.82. The average molecular weight is 217 g/mol. The standard InChI is InChI=1S/C14H19NO/c1-2-7-13(8-3-1)15-11-16-10-12-6-4-5-9-14(12)15/h1-3,7-8,12,14H,4-6,9-11H2/t12-,14-/m1/s1. The van der Waals surface area contributed by atoms with Crippen molar-refractivity contribution < 1.29 is 4.74 Å². The first-order chi connectivity index (χ1) is 7.95. The molecule has 0 unspecified atom stereocenters. The van der Waals surface area contributed by atoms with E-state index in [0.717, 1.165) is 19.3 Å². The maximum Gasteiger partial charge on any atom is 0.119 e. The van der Waals surface area contributed by atoms with E-state index < -0.39 is 0 Å². The Morgan fingerprint density at radius 3 is 2.75 bits per heavy atom. The molecule has 2 fully saturated rings. The molecule has 1 aliphatic carbocycles. The molecular weight excluding hydrogens is 198 g/mol. The van der Waals surface area contributed by atoms with Gasteiger partial charge >= 0.3 is 0 Å². The van der Waals surface area contributed by atoms with Gasteiger partial charge in [-0.1, -0.05) is 31.0 Å². The van der Waals surface area contributed by atoms with Crippen molar-refractivity contribution in [3.8, 4) is 0 Å². The molecule has 1 aromatic carbocycles. The minimum atomic E-state index is 0.713. The number of nitrogens with zero attached hydrogens (tertiary/aromatic N) is 1. The second-order valence-electron chi connectivity index (χ2n) is 4.92. The maximum atomic E-state index is 5.73. The summed E-state index contributed by atoms with van der Waals surface area (Å²) in [6.07, 6.45) is 5.44. The van der Waals surface area contributed by atoms with Crippen LogP contribution in [0.3, 0.4) is 0 Å². The van der Waals surface area contributed by atoms with E-state index >= 15 is 0 Å². The van der Waals surface area contributed by atoms with Gasteiger partial charge in [0.1, 0.15) is 6.73 Å². The number of para-hydroxylation sites is 1. The molecule has 2 atom stereocenters. The van der Waals surface area contributed by atoms with Gasteiger partial charge in [0.05, 0.1) is 6.61 Å². The molecule has 16 heavy (non-hydrogen) atoms. The van der Waals surface area contributed by atoms with Gasteiger partial charge in [-0.05, 0) is 25.0 Å². The Morgan fingerprint density at radius 2 is 1.88 bits per heavy atom. The number of anilines is 1. The van der Waals surface area contributed by atoms with Crippen molar-refractivity contribution in [3.05, 3.63) is 30.3 Å². The van der Waals surface area contributed by atoms with Gasteiger partial charge in [-0.3, -0.25) is 0 Å². The van der Waals surface area contributed by atoms with E-state index in [0.29, 0.717) is 6.04 Å². The Labute approximate surface area is 97.2 Å². The van der Waals surface area contributed by atoms with Gasteiger partial charge in [-0.15, -0.1) is 0 Å². The Balaban J connectivity index is 1.83. The fraction of sp³-hybridized carbons (Fsp3) is 0.571. The largest absolute Gasteiger partial charge is 0.361 e. The topological polar surface area (TPSA) is 12.5 Å². The molecule has 86 valence electrons. The van der Waals surface area contributed by atoms with Gasteiger partial charge in [-0.25, -0.2) is 0 Å². The second kappa shape index (κ2) is 4.46. The predicted molar refractivity (Wildman–Crippen MR) is 65.5 cm³/mol. The SMILES string of the molecule is c1ccc(N2COC[C@H]3CCCC[C@H]32)cc1. The molecule has 1 saturated carbocycles. The van der Waals surface area contributed by atoms with Crippen molar-refractivity contribution in [1.29, 1.82) is 0 Å². The molecule has 1 aromatic rings. The minimum Gasteiger partial charge on any atom is -0.361 e. The first-order valence-electron chi connectivity index (χ1n) is 6.34. The number of ether oxygens (including phenoxy) is 1. The van der Waals surface area contributed by atoms with Crippen LogP contribution in [0.5, 0.6) is 0 Å². The Hall–Kier alpha value is -1.02. The maximum absolute atomic E-state index is 5.73. The van der Waals surface area contributed by atoms with Crippen molar-refractivity contribution in [1.82, 2.24) is 0 Å². The van der Waals surface area contributed by atoms with E-state index in [1.165, 1.54) is 31.4 Å². The number of fused-ring (bicyclic) bond motifs is 1. The average Bonchev–Trinajstić information content (AvgIpc) is 2.39. The van der Waals surface area contributed by atoms with Crippen LogP contribution in [-0.2, 0) is 4.74 Å². The van der Waals surface area contributed by atoms with Crippen LogP contribution in [0.2, 0.25) is 0 Å². The first kappa shape index (κ1) is 10.2. The summed E-state index contributed by atoms with van der Waals surface area (Å²) in [5.74, 6) is 0.753. The molecule has 0 N–H and O–H groups in total. The van der Waals surface area contributed by atoms with Crippen molar-refractivity contribution in [2.45, 2.75) is 31.7 Å². The van der Waals surface area contributed by atoms with E-state index in [-0.39, 0.29) is 0 Å². The zero-order valence-electron chi connectivity index (χ0n) is 9.64. The molecule has 1 saturated heterocycles. The lowest BCUT2D eigenvalue weighted by atomic mass is 9.83. The summed E-state index contributed by atoms with van der Waals surface area (Å²) in [7, 11) is 0. The summed E-state index contributed by atoms with van der Waals surface area (Å²) in [6.45, 7) is 1.74. The summed E-state index contributed by atoms with van der Waals surface area (Å²) in [5, 5.41) is 0. The molecule has 2 aliphatic rings. The van der Waals surface area contributed by atoms with Crippen LogP contribution >= 0.6 is 0 Å². The van der Waals surface area contributed by atoms with Gasteiger partial charge < -0.3 is 9.64 Å². The highest BCUT2D eigenvalue weighted by Crippen LogP contribution is 2.34. The molecular formula is C14H19NO. The third-order valence-electron chi connectivity index (χ3n) is 3.92.